The number of hydrogen-bond donors (Lipinski definition) is 1. The van der Waals surface area contributed by atoms with Gasteiger partial charge in [-0.2, -0.15) is 0 Å². The van der Waals surface area contributed by atoms with Crippen molar-refractivity contribution >= 4 is 35.0 Å². The number of carbonyl (C=O) groups is 2. The number of hydrogen-bond acceptors (Lipinski definition) is 8. The van der Waals surface area contributed by atoms with Crippen LogP contribution in [-0.4, -0.2) is 37.3 Å². The van der Waals surface area contributed by atoms with Crippen LogP contribution < -0.4 is 29.7 Å². The van der Waals surface area contributed by atoms with E-state index in [1.165, 1.54) is 30.1 Å². The lowest BCUT2D eigenvalue weighted by Gasteiger charge is -2.11. The number of allylic oxidation sites excluding steroid dienone is 1. The molecule has 4 rings (SSSR count). The van der Waals surface area contributed by atoms with Gasteiger partial charge in [0.2, 0.25) is 0 Å². The fourth-order valence-corrected chi connectivity index (χ4v) is 4.49. The highest BCUT2D eigenvalue weighted by atomic mass is 32.1. The van der Waals surface area contributed by atoms with E-state index >= 15 is 0 Å². The lowest BCUT2D eigenvalue weighted by atomic mass is 10.2. The van der Waals surface area contributed by atoms with Gasteiger partial charge < -0.3 is 19.5 Å². The summed E-state index contributed by atoms with van der Waals surface area (Å²) >= 11 is 1.23. The van der Waals surface area contributed by atoms with Crippen LogP contribution >= 0.6 is 11.3 Å². The van der Waals surface area contributed by atoms with Crippen LogP contribution in [0, 0.1) is 0 Å². The predicted molar refractivity (Wildman–Crippen MR) is 131 cm³/mol. The molecule has 2 heterocycles. The summed E-state index contributed by atoms with van der Waals surface area (Å²) in [5, 5.41) is 2.75. The van der Waals surface area contributed by atoms with E-state index < -0.39 is 5.97 Å². The molecule has 0 fully saturated rings. The number of methoxy groups -OCH3 is 2. The Kier molecular flexibility index (Phi) is 7.11. The van der Waals surface area contributed by atoms with Crippen LogP contribution in [0.1, 0.15) is 12.5 Å². The molecule has 0 bridgehead atoms. The molecule has 1 amide bonds. The maximum atomic E-state index is 12.9. The van der Waals surface area contributed by atoms with Crippen molar-refractivity contribution in [3.63, 3.8) is 0 Å². The number of thiazole rings is 1. The summed E-state index contributed by atoms with van der Waals surface area (Å²) in [6.07, 6.45) is 1.72. The highest BCUT2D eigenvalue weighted by Crippen LogP contribution is 2.28. The zero-order valence-electron chi connectivity index (χ0n) is 19.4. The van der Waals surface area contributed by atoms with Crippen molar-refractivity contribution in [2.45, 2.75) is 13.5 Å². The van der Waals surface area contributed by atoms with Crippen molar-refractivity contribution in [2.24, 2.45) is 4.99 Å². The van der Waals surface area contributed by atoms with Gasteiger partial charge in [-0.25, -0.2) is 9.79 Å². The van der Waals surface area contributed by atoms with Crippen molar-refractivity contribution in [1.82, 2.24) is 4.57 Å². The highest BCUT2D eigenvalue weighted by Gasteiger charge is 2.21. The van der Waals surface area contributed by atoms with Crippen LogP contribution in [0.2, 0.25) is 0 Å². The van der Waals surface area contributed by atoms with Gasteiger partial charge in [0.25, 0.3) is 11.5 Å². The number of ether oxygens (including phenoxy) is 3. The second-order valence-electron chi connectivity index (χ2n) is 7.57. The van der Waals surface area contributed by atoms with Gasteiger partial charge in [0, 0.05) is 5.69 Å². The van der Waals surface area contributed by atoms with Crippen LogP contribution in [0.4, 0.5) is 5.69 Å². The number of nitrogens with zero attached hydrogens (tertiary/aromatic N) is 2. The quantitative estimate of drug-likeness (QED) is 0.504. The van der Waals surface area contributed by atoms with Gasteiger partial charge in [0.15, 0.2) is 22.9 Å². The standard InChI is InChI=1S/C25H23N3O6S/c1-15-18(24(31)33-3)13-28-23(30)21(35-25(28)26-15)12-16-9-10-19(20(11-16)32-2)34-14-22(29)27-17-7-5-4-6-8-17/h4-12H,13-14H2,1-3H3,(H,27,29). The van der Waals surface area contributed by atoms with E-state index in [0.29, 0.717) is 43.4 Å². The number of nitrogens with one attached hydrogen (secondary N) is 1. The molecule has 10 heteroatoms. The number of aromatic nitrogens is 1. The molecule has 1 aliphatic heterocycles. The minimum atomic E-state index is -0.502. The molecule has 9 nitrogen and oxygen atoms in total. The first-order valence-electron chi connectivity index (χ1n) is 10.6. The van der Waals surface area contributed by atoms with Gasteiger partial charge in [-0.05, 0) is 42.8 Å². The van der Waals surface area contributed by atoms with Crippen molar-refractivity contribution in [3.05, 3.63) is 85.1 Å². The van der Waals surface area contributed by atoms with Crippen LogP contribution in [0.25, 0.3) is 6.08 Å². The summed E-state index contributed by atoms with van der Waals surface area (Å²) in [6.45, 7) is 1.64. The molecule has 0 spiro atoms. The molecule has 1 N–H and O–H groups in total. The van der Waals surface area contributed by atoms with Crippen LogP contribution in [-0.2, 0) is 20.9 Å². The maximum absolute atomic E-state index is 12.9. The highest BCUT2D eigenvalue weighted by molar-refractivity contribution is 7.07. The fourth-order valence-electron chi connectivity index (χ4n) is 3.46. The molecular formula is C25H23N3O6S. The van der Waals surface area contributed by atoms with Gasteiger partial charge in [0.1, 0.15) is 0 Å². The lowest BCUT2D eigenvalue weighted by Crippen LogP contribution is -2.35. The molecule has 0 unspecified atom stereocenters. The topological polar surface area (TPSA) is 108 Å². The predicted octanol–water partition coefficient (Wildman–Crippen LogP) is 1.84. The number of amides is 1. The average molecular weight is 494 g/mol. The fraction of sp³-hybridized carbons (Fsp3) is 0.200. The Morgan fingerprint density at radius 3 is 2.63 bits per heavy atom. The molecule has 2 aromatic carbocycles. The monoisotopic (exact) mass is 493 g/mol. The molecular weight excluding hydrogens is 470 g/mol. The second kappa shape index (κ2) is 10.4. The molecule has 0 saturated carbocycles. The third-order valence-corrected chi connectivity index (χ3v) is 6.24. The third-order valence-electron chi connectivity index (χ3n) is 5.24. The first-order valence-corrected chi connectivity index (χ1v) is 11.4. The molecule has 0 saturated heterocycles. The summed E-state index contributed by atoms with van der Waals surface area (Å²) in [5.74, 6) is 0.0128. The van der Waals surface area contributed by atoms with Crippen molar-refractivity contribution in [1.29, 1.82) is 0 Å². The molecule has 0 atom stereocenters. The van der Waals surface area contributed by atoms with Crippen molar-refractivity contribution < 1.29 is 23.8 Å². The molecule has 0 aliphatic carbocycles. The number of carbonyl (C=O) groups excluding carboxylic acids is 2. The summed E-state index contributed by atoms with van der Waals surface area (Å²) in [5.41, 5.74) is 2.02. The van der Waals surface area contributed by atoms with Crippen molar-refractivity contribution in [2.75, 3.05) is 26.1 Å². The Morgan fingerprint density at radius 1 is 1.14 bits per heavy atom. The molecule has 3 aromatic rings. The molecule has 180 valence electrons. The Balaban J connectivity index is 1.53. The second-order valence-corrected chi connectivity index (χ2v) is 8.57. The Morgan fingerprint density at radius 2 is 1.91 bits per heavy atom. The van der Waals surface area contributed by atoms with Crippen LogP contribution in [0.15, 0.2) is 69.6 Å². The number of rotatable bonds is 7. The molecule has 1 aliphatic rings. The van der Waals surface area contributed by atoms with Gasteiger partial charge in [-0.1, -0.05) is 35.6 Å². The van der Waals surface area contributed by atoms with Crippen LogP contribution in [0.3, 0.4) is 0 Å². The van der Waals surface area contributed by atoms with E-state index in [0.717, 1.165) is 0 Å². The van der Waals surface area contributed by atoms with Crippen molar-refractivity contribution in [3.8, 4) is 11.5 Å². The summed E-state index contributed by atoms with van der Waals surface area (Å²) in [7, 11) is 2.79. The number of esters is 1. The molecule has 35 heavy (non-hydrogen) atoms. The van der Waals surface area contributed by atoms with E-state index in [9.17, 15) is 14.4 Å². The Bertz CT molecular complexity index is 1490. The van der Waals surface area contributed by atoms with Crippen LogP contribution in [0.5, 0.6) is 11.5 Å². The summed E-state index contributed by atoms with van der Waals surface area (Å²) < 4.78 is 17.8. The first kappa shape index (κ1) is 24.0. The zero-order chi connectivity index (χ0) is 24.9. The largest absolute Gasteiger partial charge is 0.493 e. The van der Waals surface area contributed by atoms with E-state index in [4.69, 9.17) is 14.2 Å². The first-order chi connectivity index (χ1) is 16.9. The van der Waals surface area contributed by atoms with Gasteiger partial charge in [-0.15, -0.1) is 0 Å². The third kappa shape index (κ3) is 5.33. The van der Waals surface area contributed by atoms with E-state index in [1.54, 1.807) is 43.3 Å². The van der Waals surface area contributed by atoms with E-state index in [2.05, 4.69) is 10.3 Å². The smallest absolute Gasteiger partial charge is 0.337 e. The van der Waals surface area contributed by atoms with E-state index in [1.807, 2.05) is 18.2 Å². The normalized spacial score (nSPS) is 13.1. The summed E-state index contributed by atoms with van der Waals surface area (Å²) in [6, 6.07) is 14.2. The maximum Gasteiger partial charge on any atom is 0.337 e. The zero-order valence-corrected chi connectivity index (χ0v) is 20.2. The molecule has 1 aromatic heterocycles. The number of benzene rings is 2. The minimum Gasteiger partial charge on any atom is -0.493 e. The van der Waals surface area contributed by atoms with E-state index in [-0.39, 0.29) is 24.6 Å². The number of fused-ring (bicyclic) bond motifs is 1. The van der Waals surface area contributed by atoms with Gasteiger partial charge >= 0.3 is 5.97 Å². The minimum absolute atomic E-state index is 0.113. The SMILES string of the molecule is COC(=O)C1=C(C)N=c2sc(=Cc3ccc(OCC(=O)Nc4ccccc4)c(OC)c3)c(=O)n2C1. The van der Waals surface area contributed by atoms with Gasteiger partial charge in [0.05, 0.1) is 36.6 Å². The average Bonchev–Trinajstić information content (AvgIpc) is 3.16. The molecule has 0 radical (unpaired) electrons. The number of anilines is 1. The Labute approximate surface area is 204 Å². The number of para-hydroxylation sites is 1. The lowest BCUT2D eigenvalue weighted by molar-refractivity contribution is -0.136. The van der Waals surface area contributed by atoms with Gasteiger partial charge in [-0.3, -0.25) is 14.2 Å². The summed E-state index contributed by atoms with van der Waals surface area (Å²) in [4.78, 5) is 42.0. The Hall–Kier alpha value is -4.18.